The van der Waals surface area contributed by atoms with Crippen LogP contribution in [0.15, 0.2) is 36.8 Å². The molecule has 2 aromatic rings. The molecule has 0 saturated carbocycles. The summed E-state index contributed by atoms with van der Waals surface area (Å²) in [5.41, 5.74) is 3.10. The molecule has 3 nitrogen and oxygen atoms in total. The van der Waals surface area contributed by atoms with Crippen LogP contribution in [0.3, 0.4) is 0 Å². The molecule has 0 aromatic carbocycles. The SMILES string of the molecule is CCCNC(c1ccncc1F)C1CCc2cccnc21. The van der Waals surface area contributed by atoms with Crippen molar-refractivity contribution in [2.75, 3.05) is 6.54 Å². The molecule has 1 N–H and O–H groups in total. The summed E-state index contributed by atoms with van der Waals surface area (Å²) in [4.78, 5) is 8.41. The zero-order valence-corrected chi connectivity index (χ0v) is 12.2. The number of rotatable bonds is 5. The zero-order chi connectivity index (χ0) is 14.7. The summed E-state index contributed by atoms with van der Waals surface area (Å²) in [5.74, 6) is -0.0138. The van der Waals surface area contributed by atoms with Crippen molar-refractivity contribution in [1.29, 1.82) is 0 Å². The van der Waals surface area contributed by atoms with Gasteiger partial charge in [-0.05, 0) is 43.5 Å². The highest BCUT2D eigenvalue weighted by Gasteiger charge is 2.32. The van der Waals surface area contributed by atoms with Crippen LogP contribution in [0.25, 0.3) is 0 Å². The quantitative estimate of drug-likeness (QED) is 0.915. The number of fused-ring (bicyclic) bond motifs is 1. The summed E-state index contributed by atoms with van der Waals surface area (Å²) < 4.78 is 14.2. The second-order valence-electron chi connectivity index (χ2n) is 5.52. The van der Waals surface area contributed by atoms with Gasteiger partial charge in [-0.25, -0.2) is 4.39 Å². The minimum absolute atomic E-state index is 0.0379. The highest BCUT2D eigenvalue weighted by atomic mass is 19.1. The Kier molecular flexibility index (Phi) is 4.25. The second-order valence-corrected chi connectivity index (χ2v) is 5.52. The van der Waals surface area contributed by atoms with Gasteiger partial charge < -0.3 is 5.32 Å². The Bertz CT molecular complexity index is 614. The van der Waals surface area contributed by atoms with Crippen LogP contribution < -0.4 is 5.32 Å². The minimum atomic E-state index is -0.240. The maximum absolute atomic E-state index is 14.2. The van der Waals surface area contributed by atoms with E-state index in [-0.39, 0.29) is 17.8 Å². The third kappa shape index (κ3) is 2.81. The van der Waals surface area contributed by atoms with Crippen molar-refractivity contribution >= 4 is 0 Å². The number of nitrogens with zero attached hydrogens (tertiary/aromatic N) is 2. The van der Waals surface area contributed by atoms with Crippen LogP contribution in [0.4, 0.5) is 4.39 Å². The topological polar surface area (TPSA) is 37.8 Å². The van der Waals surface area contributed by atoms with Gasteiger partial charge >= 0.3 is 0 Å². The van der Waals surface area contributed by atoms with E-state index in [0.29, 0.717) is 5.56 Å². The predicted octanol–water partition coefficient (Wildman–Crippen LogP) is 3.39. The number of aromatic nitrogens is 2. The van der Waals surface area contributed by atoms with Gasteiger partial charge in [0.25, 0.3) is 0 Å². The van der Waals surface area contributed by atoms with Gasteiger partial charge in [-0.15, -0.1) is 0 Å². The average molecular weight is 285 g/mol. The first-order valence-electron chi connectivity index (χ1n) is 7.58. The lowest BCUT2D eigenvalue weighted by Gasteiger charge is -2.25. The van der Waals surface area contributed by atoms with Gasteiger partial charge in [0.2, 0.25) is 0 Å². The third-order valence-corrected chi connectivity index (χ3v) is 4.16. The smallest absolute Gasteiger partial charge is 0.146 e. The lowest BCUT2D eigenvalue weighted by Crippen LogP contribution is -2.28. The Morgan fingerprint density at radius 2 is 2.29 bits per heavy atom. The zero-order valence-electron chi connectivity index (χ0n) is 12.2. The first kappa shape index (κ1) is 14.1. The van der Waals surface area contributed by atoms with Crippen molar-refractivity contribution in [3.63, 3.8) is 0 Å². The maximum Gasteiger partial charge on any atom is 0.146 e. The minimum Gasteiger partial charge on any atom is -0.309 e. The second kappa shape index (κ2) is 6.31. The number of aryl methyl sites for hydroxylation is 1. The van der Waals surface area contributed by atoms with Crippen LogP contribution in [-0.4, -0.2) is 16.5 Å². The normalized spacial score (nSPS) is 18.5. The van der Waals surface area contributed by atoms with E-state index in [1.54, 1.807) is 12.3 Å². The molecule has 1 aliphatic rings. The van der Waals surface area contributed by atoms with Gasteiger partial charge in [0.15, 0.2) is 0 Å². The molecule has 4 heteroatoms. The highest BCUT2D eigenvalue weighted by Crippen LogP contribution is 2.40. The molecule has 3 rings (SSSR count). The molecule has 2 heterocycles. The van der Waals surface area contributed by atoms with Crippen molar-refractivity contribution in [1.82, 2.24) is 15.3 Å². The molecule has 2 unspecified atom stereocenters. The van der Waals surface area contributed by atoms with Crippen LogP contribution in [0.2, 0.25) is 0 Å². The van der Waals surface area contributed by atoms with Gasteiger partial charge in [-0.3, -0.25) is 9.97 Å². The van der Waals surface area contributed by atoms with Gasteiger partial charge in [-0.1, -0.05) is 13.0 Å². The largest absolute Gasteiger partial charge is 0.309 e. The number of nitrogens with one attached hydrogen (secondary N) is 1. The fraction of sp³-hybridized carbons (Fsp3) is 0.412. The fourth-order valence-corrected chi connectivity index (χ4v) is 3.18. The van der Waals surface area contributed by atoms with Crippen LogP contribution in [0, 0.1) is 5.82 Å². The summed E-state index contributed by atoms with van der Waals surface area (Å²) in [5, 5.41) is 3.50. The summed E-state index contributed by atoms with van der Waals surface area (Å²) in [6.07, 6.45) is 7.83. The molecule has 0 amide bonds. The first-order valence-corrected chi connectivity index (χ1v) is 7.58. The van der Waals surface area contributed by atoms with Gasteiger partial charge in [-0.2, -0.15) is 0 Å². The number of hydrogen-bond donors (Lipinski definition) is 1. The Morgan fingerprint density at radius 1 is 1.38 bits per heavy atom. The summed E-state index contributed by atoms with van der Waals surface area (Å²) >= 11 is 0. The van der Waals surface area contributed by atoms with E-state index in [1.807, 2.05) is 12.3 Å². The number of pyridine rings is 2. The third-order valence-electron chi connectivity index (χ3n) is 4.16. The average Bonchev–Trinajstić information content (AvgIpc) is 2.93. The first-order chi connectivity index (χ1) is 10.3. The molecule has 1 aliphatic carbocycles. The van der Waals surface area contributed by atoms with Crippen molar-refractivity contribution < 1.29 is 4.39 Å². The summed E-state index contributed by atoms with van der Waals surface area (Å²) in [7, 11) is 0. The molecular weight excluding hydrogens is 265 g/mol. The monoisotopic (exact) mass is 285 g/mol. The van der Waals surface area contributed by atoms with Crippen LogP contribution >= 0.6 is 0 Å². The van der Waals surface area contributed by atoms with Crippen molar-refractivity contribution in [3.8, 4) is 0 Å². The molecule has 2 aromatic heterocycles. The Hall–Kier alpha value is -1.81. The predicted molar refractivity (Wildman–Crippen MR) is 80.5 cm³/mol. The van der Waals surface area contributed by atoms with Crippen molar-refractivity contribution in [3.05, 3.63) is 59.4 Å². The molecule has 0 fully saturated rings. The Labute approximate surface area is 124 Å². The molecule has 21 heavy (non-hydrogen) atoms. The van der Waals surface area contributed by atoms with Gasteiger partial charge in [0, 0.05) is 35.6 Å². The highest BCUT2D eigenvalue weighted by molar-refractivity contribution is 5.33. The van der Waals surface area contributed by atoms with E-state index in [1.165, 1.54) is 11.8 Å². The van der Waals surface area contributed by atoms with E-state index in [2.05, 4.69) is 28.3 Å². The van der Waals surface area contributed by atoms with Crippen LogP contribution in [0.5, 0.6) is 0 Å². The van der Waals surface area contributed by atoms with E-state index in [9.17, 15) is 4.39 Å². The Morgan fingerprint density at radius 3 is 3.10 bits per heavy atom. The molecule has 2 atom stereocenters. The molecule has 110 valence electrons. The number of hydrogen-bond acceptors (Lipinski definition) is 3. The van der Waals surface area contributed by atoms with E-state index >= 15 is 0 Å². The molecule has 0 spiro atoms. The maximum atomic E-state index is 14.2. The van der Waals surface area contributed by atoms with Crippen LogP contribution in [-0.2, 0) is 6.42 Å². The summed E-state index contributed by atoms with van der Waals surface area (Å²) in [6, 6.07) is 5.85. The van der Waals surface area contributed by atoms with E-state index in [4.69, 9.17) is 0 Å². The lowest BCUT2D eigenvalue weighted by molar-refractivity contribution is 0.420. The van der Waals surface area contributed by atoms with Gasteiger partial charge in [0.1, 0.15) is 5.82 Å². The Balaban J connectivity index is 1.96. The van der Waals surface area contributed by atoms with Crippen molar-refractivity contribution in [2.24, 2.45) is 0 Å². The lowest BCUT2D eigenvalue weighted by atomic mass is 9.91. The van der Waals surface area contributed by atoms with E-state index < -0.39 is 0 Å². The molecule has 0 bridgehead atoms. The van der Waals surface area contributed by atoms with E-state index in [0.717, 1.165) is 31.5 Å². The number of halogens is 1. The molecule has 0 aliphatic heterocycles. The van der Waals surface area contributed by atoms with Crippen LogP contribution in [0.1, 0.15) is 48.5 Å². The molecule has 0 radical (unpaired) electrons. The van der Waals surface area contributed by atoms with Crippen molar-refractivity contribution in [2.45, 2.75) is 38.1 Å². The molecular formula is C17H20FN3. The standard InChI is InChI=1S/C17H20FN3/c1-2-8-20-17(13-7-10-19-11-15(13)18)14-6-5-12-4-3-9-21-16(12)14/h3-4,7,9-11,14,17,20H,2,5-6,8H2,1H3. The summed E-state index contributed by atoms with van der Waals surface area (Å²) in [6.45, 7) is 2.99. The van der Waals surface area contributed by atoms with Gasteiger partial charge in [0.05, 0.1) is 6.20 Å². The molecule has 0 saturated heterocycles. The fourth-order valence-electron chi connectivity index (χ4n) is 3.18.